The summed E-state index contributed by atoms with van der Waals surface area (Å²) in [6, 6.07) is 6.10. The van der Waals surface area contributed by atoms with Gasteiger partial charge in [-0.1, -0.05) is 26.0 Å². The van der Waals surface area contributed by atoms with Crippen LogP contribution in [0.3, 0.4) is 0 Å². The lowest BCUT2D eigenvalue weighted by atomic mass is 9.80. The van der Waals surface area contributed by atoms with E-state index in [9.17, 15) is 9.59 Å². The Bertz CT molecular complexity index is 431. The van der Waals surface area contributed by atoms with Crippen LogP contribution in [0.2, 0.25) is 0 Å². The molecule has 1 aromatic carbocycles. The van der Waals surface area contributed by atoms with E-state index in [-0.39, 0.29) is 30.1 Å². The van der Waals surface area contributed by atoms with Crippen LogP contribution in [0.25, 0.3) is 0 Å². The van der Waals surface area contributed by atoms with E-state index < -0.39 is 7.12 Å². The number of carbonyl (C=O) groups excluding carboxylic acids is 2. The Kier molecular flexibility index (Phi) is 5.06. The lowest BCUT2D eigenvalue weighted by molar-refractivity contribution is -0.126. The van der Waals surface area contributed by atoms with Gasteiger partial charge in [-0.2, -0.15) is 0 Å². The van der Waals surface area contributed by atoms with Gasteiger partial charge in [-0.05, 0) is 17.6 Å². The third-order valence-electron chi connectivity index (χ3n) is 2.53. The lowest BCUT2D eigenvalue weighted by Gasteiger charge is -2.20. The fourth-order valence-corrected chi connectivity index (χ4v) is 1.57. The molecule has 0 heterocycles. The molecule has 6 heteroatoms. The molecule has 0 aliphatic rings. The van der Waals surface area contributed by atoms with Crippen molar-refractivity contribution in [1.29, 1.82) is 0 Å². The Balaban J connectivity index is 3.16. The summed E-state index contributed by atoms with van der Waals surface area (Å²) in [5.74, 6) is -0.627. The maximum absolute atomic E-state index is 11.8. The molecule has 2 amide bonds. The highest BCUT2D eigenvalue weighted by Crippen LogP contribution is 2.15. The summed E-state index contributed by atoms with van der Waals surface area (Å²) >= 11 is 0. The molecule has 0 radical (unpaired) electrons. The van der Waals surface area contributed by atoms with Crippen molar-refractivity contribution < 1.29 is 19.6 Å². The minimum atomic E-state index is -1.62. The van der Waals surface area contributed by atoms with E-state index in [1.807, 2.05) is 0 Å². The molecule has 0 aliphatic carbocycles. The summed E-state index contributed by atoms with van der Waals surface area (Å²) < 4.78 is 0. The molecular formula is C12H16BNO4. The topological polar surface area (TPSA) is 77.8 Å². The van der Waals surface area contributed by atoms with Crippen molar-refractivity contribution in [1.82, 2.24) is 0 Å². The van der Waals surface area contributed by atoms with Crippen molar-refractivity contribution >= 4 is 30.1 Å². The highest BCUT2D eigenvalue weighted by Gasteiger charge is 2.22. The Morgan fingerprint density at radius 1 is 1.17 bits per heavy atom. The van der Waals surface area contributed by atoms with Gasteiger partial charge >= 0.3 is 7.12 Å². The first-order valence-corrected chi connectivity index (χ1v) is 5.83. The molecule has 0 aromatic heterocycles. The van der Waals surface area contributed by atoms with E-state index in [2.05, 4.69) is 0 Å². The van der Waals surface area contributed by atoms with Crippen LogP contribution in [0.4, 0.5) is 5.69 Å². The van der Waals surface area contributed by atoms with Gasteiger partial charge in [-0.3, -0.25) is 14.5 Å². The van der Waals surface area contributed by atoms with E-state index in [1.54, 1.807) is 26.0 Å². The minimum absolute atomic E-state index is 0.206. The van der Waals surface area contributed by atoms with Gasteiger partial charge in [-0.25, -0.2) is 0 Å². The summed E-state index contributed by atoms with van der Waals surface area (Å²) in [6.07, 6.45) is 0.412. The van der Waals surface area contributed by atoms with E-state index >= 15 is 0 Å². The van der Waals surface area contributed by atoms with Crippen molar-refractivity contribution in [2.24, 2.45) is 0 Å². The van der Waals surface area contributed by atoms with Crippen LogP contribution >= 0.6 is 0 Å². The standard InChI is InChI=1S/C12H16BNO4/c1-3-11(15)14(12(16)4-2)10-7-5-6-9(8-10)13(17)18/h5-8,17-18H,3-4H2,1-2H3. The zero-order valence-corrected chi connectivity index (χ0v) is 10.5. The number of benzene rings is 1. The number of carbonyl (C=O) groups is 2. The lowest BCUT2D eigenvalue weighted by Crippen LogP contribution is -2.37. The van der Waals surface area contributed by atoms with Gasteiger partial charge in [0.15, 0.2) is 0 Å². The Morgan fingerprint density at radius 2 is 1.72 bits per heavy atom. The van der Waals surface area contributed by atoms with E-state index in [0.29, 0.717) is 5.69 Å². The Labute approximate surface area is 106 Å². The molecule has 0 spiro atoms. The van der Waals surface area contributed by atoms with Gasteiger partial charge in [0.2, 0.25) is 11.8 Å². The summed E-state index contributed by atoms with van der Waals surface area (Å²) in [7, 11) is -1.62. The zero-order valence-electron chi connectivity index (χ0n) is 10.5. The van der Waals surface area contributed by atoms with E-state index in [0.717, 1.165) is 4.90 Å². The van der Waals surface area contributed by atoms with Gasteiger partial charge in [0.05, 0.1) is 5.69 Å². The summed E-state index contributed by atoms with van der Waals surface area (Å²) in [5.41, 5.74) is 0.601. The van der Waals surface area contributed by atoms with Crippen LogP contribution in [0.1, 0.15) is 26.7 Å². The molecule has 0 unspecified atom stereocenters. The van der Waals surface area contributed by atoms with Crippen molar-refractivity contribution in [2.45, 2.75) is 26.7 Å². The second-order valence-electron chi connectivity index (χ2n) is 3.80. The molecule has 2 N–H and O–H groups in total. The molecule has 5 nitrogen and oxygen atoms in total. The average Bonchev–Trinajstić information content (AvgIpc) is 2.38. The Morgan fingerprint density at radius 3 is 2.17 bits per heavy atom. The van der Waals surface area contributed by atoms with Crippen LogP contribution < -0.4 is 10.4 Å². The molecule has 0 saturated carbocycles. The van der Waals surface area contributed by atoms with Gasteiger partial charge in [-0.15, -0.1) is 0 Å². The predicted molar refractivity (Wildman–Crippen MR) is 69.3 cm³/mol. The molecule has 0 aliphatic heterocycles. The SMILES string of the molecule is CCC(=O)N(C(=O)CC)c1cccc(B(O)O)c1. The van der Waals surface area contributed by atoms with Crippen LogP contribution in [0, 0.1) is 0 Å². The highest BCUT2D eigenvalue weighted by molar-refractivity contribution is 6.58. The third kappa shape index (κ3) is 3.18. The first-order chi connectivity index (χ1) is 8.51. The monoisotopic (exact) mass is 249 g/mol. The van der Waals surface area contributed by atoms with Crippen molar-refractivity contribution in [2.75, 3.05) is 4.90 Å². The quantitative estimate of drug-likeness (QED) is 0.739. The summed E-state index contributed by atoms with van der Waals surface area (Å²) in [5, 5.41) is 18.2. The summed E-state index contributed by atoms with van der Waals surface area (Å²) in [4.78, 5) is 24.6. The first-order valence-electron chi connectivity index (χ1n) is 5.83. The Hall–Kier alpha value is -1.66. The molecule has 18 heavy (non-hydrogen) atoms. The second-order valence-corrected chi connectivity index (χ2v) is 3.80. The maximum atomic E-state index is 11.8. The number of anilines is 1. The zero-order chi connectivity index (χ0) is 13.7. The van der Waals surface area contributed by atoms with Crippen molar-refractivity contribution in [3.63, 3.8) is 0 Å². The van der Waals surface area contributed by atoms with Crippen LogP contribution in [0.15, 0.2) is 24.3 Å². The number of nitrogens with zero attached hydrogens (tertiary/aromatic N) is 1. The molecule has 1 rings (SSSR count). The third-order valence-corrected chi connectivity index (χ3v) is 2.53. The number of hydrogen-bond donors (Lipinski definition) is 2. The predicted octanol–water partition coefficient (Wildman–Crippen LogP) is 0.0460. The molecule has 0 bridgehead atoms. The molecule has 1 aromatic rings. The van der Waals surface area contributed by atoms with Crippen LogP contribution in [-0.2, 0) is 9.59 Å². The van der Waals surface area contributed by atoms with Crippen LogP contribution in [0.5, 0.6) is 0 Å². The van der Waals surface area contributed by atoms with E-state index in [4.69, 9.17) is 10.0 Å². The van der Waals surface area contributed by atoms with E-state index in [1.165, 1.54) is 12.1 Å². The minimum Gasteiger partial charge on any atom is -0.423 e. The number of imide groups is 1. The number of amides is 2. The molecule has 0 atom stereocenters. The average molecular weight is 249 g/mol. The first kappa shape index (κ1) is 14.4. The van der Waals surface area contributed by atoms with Gasteiger partial charge in [0, 0.05) is 12.8 Å². The second kappa shape index (κ2) is 6.32. The molecule has 96 valence electrons. The smallest absolute Gasteiger partial charge is 0.423 e. The van der Waals surface area contributed by atoms with Crippen molar-refractivity contribution in [3.8, 4) is 0 Å². The van der Waals surface area contributed by atoms with Gasteiger partial charge in [0.25, 0.3) is 0 Å². The summed E-state index contributed by atoms with van der Waals surface area (Å²) in [6.45, 7) is 3.34. The largest absolute Gasteiger partial charge is 0.488 e. The normalized spacial score (nSPS) is 10.0. The van der Waals surface area contributed by atoms with Crippen molar-refractivity contribution in [3.05, 3.63) is 24.3 Å². The van der Waals surface area contributed by atoms with Crippen LogP contribution in [-0.4, -0.2) is 29.0 Å². The molecule has 0 saturated heterocycles. The number of rotatable bonds is 4. The van der Waals surface area contributed by atoms with Gasteiger partial charge in [0.1, 0.15) is 0 Å². The van der Waals surface area contributed by atoms with Gasteiger partial charge < -0.3 is 10.0 Å². The number of hydrogen-bond acceptors (Lipinski definition) is 4. The fraction of sp³-hybridized carbons (Fsp3) is 0.333. The maximum Gasteiger partial charge on any atom is 0.488 e. The fourth-order valence-electron chi connectivity index (χ4n) is 1.57. The molecular weight excluding hydrogens is 233 g/mol. The molecule has 0 fully saturated rings. The highest BCUT2D eigenvalue weighted by atomic mass is 16.4.